The van der Waals surface area contributed by atoms with E-state index in [1.807, 2.05) is 32.0 Å². The molecule has 1 N–H and O–H groups in total. The molecule has 1 aliphatic rings. The Balaban J connectivity index is 1.77. The van der Waals surface area contributed by atoms with Crippen LogP contribution in [0.3, 0.4) is 0 Å². The topological polar surface area (TPSA) is 21.3 Å². The molecule has 1 fully saturated rings. The van der Waals surface area contributed by atoms with E-state index in [9.17, 15) is 4.39 Å². The summed E-state index contributed by atoms with van der Waals surface area (Å²) in [6, 6.07) is 11.5. The van der Waals surface area contributed by atoms with E-state index in [0.29, 0.717) is 18.3 Å². The number of aryl methyl sites for hydroxylation is 2. The molecule has 2 aromatic rings. The third kappa shape index (κ3) is 3.82. The van der Waals surface area contributed by atoms with Gasteiger partial charge < -0.3 is 10.1 Å². The lowest BCUT2D eigenvalue weighted by Crippen LogP contribution is -2.15. The second-order valence-corrected chi connectivity index (χ2v) is 5.82. The number of nitrogens with one attached hydrogen (secondary N) is 1. The number of ether oxygens (including phenoxy) is 1. The molecule has 0 heterocycles. The zero-order chi connectivity index (χ0) is 14.8. The maximum atomic E-state index is 13.7. The van der Waals surface area contributed by atoms with Gasteiger partial charge >= 0.3 is 0 Å². The fourth-order valence-corrected chi connectivity index (χ4v) is 2.37. The molecule has 0 bridgehead atoms. The first-order valence-electron chi connectivity index (χ1n) is 7.38. The van der Waals surface area contributed by atoms with Crippen molar-refractivity contribution in [3.8, 4) is 11.5 Å². The van der Waals surface area contributed by atoms with E-state index in [-0.39, 0.29) is 5.82 Å². The van der Waals surface area contributed by atoms with Gasteiger partial charge in [0.2, 0.25) is 0 Å². The van der Waals surface area contributed by atoms with Crippen LogP contribution < -0.4 is 10.1 Å². The normalized spacial score (nSPS) is 14.2. The number of rotatable bonds is 5. The van der Waals surface area contributed by atoms with Crippen molar-refractivity contribution < 1.29 is 9.13 Å². The highest BCUT2D eigenvalue weighted by molar-refractivity contribution is 5.40. The van der Waals surface area contributed by atoms with Crippen molar-refractivity contribution in [3.63, 3.8) is 0 Å². The van der Waals surface area contributed by atoms with E-state index in [1.54, 1.807) is 6.07 Å². The van der Waals surface area contributed by atoms with Crippen LogP contribution in [0.25, 0.3) is 0 Å². The van der Waals surface area contributed by atoms with Crippen LogP contribution in [0.4, 0.5) is 4.39 Å². The Morgan fingerprint density at radius 3 is 2.67 bits per heavy atom. The van der Waals surface area contributed by atoms with Crippen molar-refractivity contribution in [1.82, 2.24) is 5.32 Å². The lowest BCUT2D eigenvalue weighted by molar-refractivity contribution is 0.471. The third-order valence-electron chi connectivity index (χ3n) is 3.66. The third-order valence-corrected chi connectivity index (χ3v) is 3.66. The van der Waals surface area contributed by atoms with Crippen LogP contribution in [0.1, 0.15) is 29.5 Å². The van der Waals surface area contributed by atoms with E-state index < -0.39 is 0 Å². The van der Waals surface area contributed by atoms with E-state index in [1.165, 1.54) is 24.5 Å². The Morgan fingerprint density at radius 2 is 1.95 bits per heavy atom. The molecular weight excluding hydrogens is 265 g/mol. The molecule has 0 atom stereocenters. The van der Waals surface area contributed by atoms with Crippen LogP contribution in [0, 0.1) is 19.7 Å². The van der Waals surface area contributed by atoms with Gasteiger partial charge in [0.1, 0.15) is 17.3 Å². The maximum absolute atomic E-state index is 13.7. The van der Waals surface area contributed by atoms with Gasteiger partial charge in [0.15, 0.2) is 0 Å². The van der Waals surface area contributed by atoms with Crippen molar-refractivity contribution >= 4 is 0 Å². The summed E-state index contributed by atoms with van der Waals surface area (Å²) in [5.41, 5.74) is 3.16. The SMILES string of the molecule is Cc1ccc(Oc2cc(F)cc(CNC3CC3)c2)c(C)c1. The average Bonchev–Trinajstić information content (AvgIpc) is 3.23. The molecule has 21 heavy (non-hydrogen) atoms. The van der Waals surface area contributed by atoms with Crippen molar-refractivity contribution in [1.29, 1.82) is 0 Å². The van der Waals surface area contributed by atoms with Crippen LogP contribution in [0.5, 0.6) is 11.5 Å². The van der Waals surface area contributed by atoms with Gasteiger partial charge in [0.05, 0.1) is 0 Å². The Morgan fingerprint density at radius 1 is 1.14 bits per heavy atom. The van der Waals surface area contributed by atoms with E-state index in [0.717, 1.165) is 16.9 Å². The summed E-state index contributed by atoms with van der Waals surface area (Å²) >= 11 is 0. The lowest BCUT2D eigenvalue weighted by atomic mass is 10.1. The van der Waals surface area contributed by atoms with Crippen LogP contribution >= 0.6 is 0 Å². The summed E-state index contributed by atoms with van der Waals surface area (Å²) in [5, 5.41) is 3.39. The van der Waals surface area contributed by atoms with E-state index in [4.69, 9.17) is 4.74 Å². The maximum Gasteiger partial charge on any atom is 0.130 e. The van der Waals surface area contributed by atoms with Gasteiger partial charge in [-0.15, -0.1) is 0 Å². The largest absolute Gasteiger partial charge is 0.457 e. The highest BCUT2D eigenvalue weighted by Gasteiger charge is 2.20. The van der Waals surface area contributed by atoms with Gasteiger partial charge in [0, 0.05) is 18.7 Å². The average molecular weight is 285 g/mol. The molecule has 0 radical (unpaired) electrons. The summed E-state index contributed by atoms with van der Waals surface area (Å²) < 4.78 is 19.6. The predicted molar refractivity (Wildman–Crippen MR) is 82.3 cm³/mol. The van der Waals surface area contributed by atoms with Gasteiger partial charge in [-0.2, -0.15) is 0 Å². The molecule has 0 spiro atoms. The summed E-state index contributed by atoms with van der Waals surface area (Å²) in [4.78, 5) is 0. The standard InChI is InChI=1S/C18H20FNO/c1-12-3-6-18(13(2)7-12)21-17-9-14(8-15(19)10-17)11-20-16-4-5-16/h3,6-10,16,20H,4-5,11H2,1-2H3. The minimum absolute atomic E-state index is 0.259. The van der Waals surface area contributed by atoms with Crippen molar-refractivity contribution in [3.05, 3.63) is 58.9 Å². The zero-order valence-corrected chi connectivity index (χ0v) is 12.4. The van der Waals surface area contributed by atoms with Crippen molar-refractivity contribution in [2.45, 2.75) is 39.3 Å². The molecule has 1 aliphatic carbocycles. The minimum atomic E-state index is -0.259. The summed E-state index contributed by atoms with van der Waals surface area (Å²) in [6.45, 7) is 4.73. The molecule has 0 saturated heterocycles. The number of hydrogen-bond donors (Lipinski definition) is 1. The first-order valence-corrected chi connectivity index (χ1v) is 7.38. The molecular formula is C18H20FNO. The molecule has 1 saturated carbocycles. The second-order valence-electron chi connectivity index (χ2n) is 5.82. The molecule has 2 aromatic carbocycles. The van der Waals surface area contributed by atoms with Crippen LogP contribution in [0.2, 0.25) is 0 Å². The highest BCUT2D eigenvalue weighted by Crippen LogP contribution is 2.27. The van der Waals surface area contributed by atoms with Gasteiger partial charge in [-0.3, -0.25) is 0 Å². The van der Waals surface area contributed by atoms with E-state index in [2.05, 4.69) is 11.4 Å². The second kappa shape index (κ2) is 5.86. The van der Waals surface area contributed by atoms with Gasteiger partial charge in [0.25, 0.3) is 0 Å². The van der Waals surface area contributed by atoms with Crippen LogP contribution in [-0.2, 0) is 6.54 Å². The molecule has 0 aromatic heterocycles. The Bertz CT molecular complexity index is 650. The number of benzene rings is 2. The molecule has 0 amide bonds. The summed E-state index contributed by atoms with van der Waals surface area (Å²) in [6.07, 6.45) is 2.45. The molecule has 3 heteroatoms. The van der Waals surface area contributed by atoms with Crippen LogP contribution in [0.15, 0.2) is 36.4 Å². The van der Waals surface area contributed by atoms with Gasteiger partial charge in [-0.05, 0) is 56.0 Å². The summed E-state index contributed by atoms with van der Waals surface area (Å²) in [7, 11) is 0. The molecule has 0 unspecified atom stereocenters. The monoisotopic (exact) mass is 285 g/mol. The van der Waals surface area contributed by atoms with Crippen molar-refractivity contribution in [2.24, 2.45) is 0 Å². The lowest BCUT2D eigenvalue weighted by Gasteiger charge is -2.11. The molecule has 0 aliphatic heterocycles. The Labute approximate surface area is 125 Å². The van der Waals surface area contributed by atoms with Crippen LogP contribution in [-0.4, -0.2) is 6.04 Å². The minimum Gasteiger partial charge on any atom is -0.457 e. The smallest absolute Gasteiger partial charge is 0.130 e. The van der Waals surface area contributed by atoms with Crippen molar-refractivity contribution in [2.75, 3.05) is 0 Å². The van der Waals surface area contributed by atoms with Gasteiger partial charge in [-0.1, -0.05) is 17.7 Å². The molecule has 110 valence electrons. The fraction of sp³-hybridized carbons (Fsp3) is 0.333. The Hall–Kier alpha value is -1.87. The van der Waals surface area contributed by atoms with Gasteiger partial charge in [-0.25, -0.2) is 4.39 Å². The molecule has 3 rings (SSSR count). The Kier molecular flexibility index (Phi) is 3.93. The number of halogens is 1. The predicted octanol–water partition coefficient (Wildman–Crippen LogP) is 4.49. The first-order chi connectivity index (χ1) is 10.1. The first kappa shape index (κ1) is 14.1. The quantitative estimate of drug-likeness (QED) is 0.874. The fourth-order valence-electron chi connectivity index (χ4n) is 2.37. The number of hydrogen-bond acceptors (Lipinski definition) is 2. The highest BCUT2D eigenvalue weighted by atomic mass is 19.1. The summed E-state index contributed by atoms with van der Waals surface area (Å²) in [5.74, 6) is 1.06. The zero-order valence-electron chi connectivity index (χ0n) is 12.4. The van der Waals surface area contributed by atoms with E-state index >= 15 is 0 Å². The molecule has 2 nitrogen and oxygen atoms in total.